The highest BCUT2D eigenvalue weighted by Crippen LogP contribution is 2.44. The lowest BCUT2D eigenvalue weighted by Gasteiger charge is -2.31. The normalized spacial score (nSPS) is 17.0. The number of benzene rings is 2. The molecule has 0 amide bonds. The Morgan fingerprint density at radius 3 is 2.82 bits per heavy atom. The first-order chi connectivity index (χ1) is 13.7. The van der Waals surface area contributed by atoms with E-state index in [1.807, 2.05) is 12.3 Å². The molecule has 1 atom stereocenters. The fraction of sp³-hybridized carbons (Fsp3) is 0.269. The maximum absolute atomic E-state index is 5.95. The maximum atomic E-state index is 5.95. The van der Waals surface area contributed by atoms with Gasteiger partial charge < -0.3 is 0 Å². The molecule has 1 unspecified atom stereocenters. The summed E-state index contributed by atoms with van der Waals surface area (Å²) in [6.45, 7) is 2.20. The van der Waals surface area contributed by atoms with Gasteiger partial charge in [0.25, 0.3) is 0 Å². The minimum atomic E-state index is 0.552. The lowest BCUT2D eigenvalue weighted by Crippen LogP contribution is -2.16. The molecular weight excluding hydrogens is 362 g/mol. The standard InChI is InChI=1S/C26H24ClN/c1-17-6-11-22-20(9-7-18-8-13-26(27)28-16-18)15-25-21-5-3-2-4-19(21)10-12-23(25)24(22)14-17/h2,4,6,8,10-14,16,20H,3,5,7,9,15H2,1H3. The smallest absolute Gasteiger partial charge is 0.129 e. The third-order valence-corrected chi connectivity index (χ3v) is 6.51. The number of aromatic nitrogens is 1. The Balaban J connectivity index is 1.54. The van der Waals surface area contributed by atoms with Crippen molar-refractivity contribution >= 4 is 17.7 Å². The van der Waals surface area contributed by atoms with Crippen molar-refractivity contribution in [2.75, 3.05) is 0 Å². The van der Waals surface area contributed by atoms with Gasteiger partial charge in [-0.1, -0.05) is 65.7 Å². The number of rotatable bonds is 3. The number of hydrogen-bond acceptors (Lipinski definition) is 1. The summed E-state index contributed by atoms with van der Waals surface area (Å²) in [7, 11) is 0. The van der Waals surface area contributed by atoms with E-state index in [2.05, 4.69) is 60.5 Å². The molecule has 0 radical (unpaired) electrons. The van der Waals surface area contributed by atoms with E-state index in [-0.39, 0.29) is 0 Å². The third-order valence-electron chi connectivity index (χ3n) is 6.29. The second-order valence-corrected chi connectivity index (χ2v) is 8.51. The summed E-state index contributed by atoms with van der Waals surface area (Å²) in [6.07, 6.45) is 12.2. The SMILES string of the molecule is Cc1ccc2c(c1)-c1ccc3c(c1CC2CCc1ccc(Cl)nc1)CCC=C3. The van der Waals surface area contributed by atoms with Crippen molar-refractivity contribution in [3.63, 3.8) is 0 Å². The van der Waals surface area contributed by atoms with E-state index in [9.17, 15) is 0 Å². The quantitative estimate of drug-likeness (QED) is 0.445. The summed E-state index contributed by atoms with van der Waals surface area (Å²) in [5.74, 6) is 0.552. The predicted octanol–water partition coefficient (Wildman–Crippen LogP) is 6.94. The van der Waals surface area contributed by atoms with Gasteiger partial charge in [-0.3, -0.25) is 0 Å². The lowest BCUT2D eigenvalue weighted by atomic mass is 9.73. The molecular formula is C26H24ClN. The Morgan fingerprint density at radius 1 is 1.04 bits per heavy atom. The van der Waals surface area contributed by atoms with Gasteiger partial charge in [0.1, 0.15) is 5.15 Å². The zero-order chi connectivity index (χ0) is 19.1. The van der Waals surface area contributed by atoms with Crippen LogP contribution in [0.2, 0.25) is 5.15 Å². The van der Waals surface area contributed by atoms with Gasteiger partial charge in [0, 0.05) is 6.20 Å². The second-order valence-electron chi connectivity index (χ2n) is 8.12. The molecule has 0 bridgehead atoms. The van der Waals surface area contributed by atoms with Gasteiger partial charge in [-0.05, 0) is 90.0 Å². The Kier molecular flexibility index (Phi) is 4.56. The highest BCUT2D eigenvalue weighted by atomic mass is 35.5. The molecule has 0 saturated heterocycles. The van der Waals surface area contributed by atoms with E-state index in [1.165, 1.54) is 39.8 Å². The van der Waals surface area contributed by atoms with Crippen molar-refractivity contribution in [1.82, 2.24) is 4.98 Å². The van der Waals surface area contributed by atoms with Crippen LogP contribution in [0.1, 0.15) is 52.1 Å². The number of allylic oxidation sites excluding steroid dienone is 1. The van der Waals surface area contributed by atoms with Gasteiger partial charge >= 0.3 is 0 Å². The monoisotopic (exact) mass is 385 g/mol. The van der Waals surface area contributed by atoms with E-state index in [1.54, 1.807) is 11.1 Å². The summed E-state index contributed by atoms with van der Waals surface area (Å²) < 4.78 is 0. The summed E-state index contributed by atoms with van der Waals surface area (Å²) in [5.41, 5.74) is 11.6. The zero-order valence-electron chi connectivity index (χ0n) is 16.2. The van der Waals surface area contributed by atoms with Crippen molar-refractivity contribution in [3.8, 4) is 11.1 Å². The van der Waals surface area contributed by atoms with E-state index >= 15 is 0 Å². The summed E-state index contributed by atoms with van der Waals surface area (Å²) in [4.78, 5) is 4.25. The molecule has 5 rings (SSSR count). The van der Waals surface area contributed by atoms with Gasteiger partial charge in [0.15, 0.2) is 0 Å². The molecule has 28 heavy (non-hydrogen) atoms. The van der Waals surface area contributed by atoms with Crippen LogP contribution in [0.3, 0.4) is 0 Å². The minimum absolute atomic E-state index is 0.552. The van der Waals surface area contributed by atoms with E-state index in [4.69, 9.17) is 11.6 Å². The second kappa shape index (κ2) is 7.22. The van der Waals surface area contributed by atoms with Gasteiger partial charge in [-0.15, -0.1) is 0 Å². The fourth-order valence-corrected chi connectivity index (χ4v) is 4.97. The van der Waals surface area contributed by atoms with E-state index in [0.717, 1.165) is 25.7 Å². The molecule has 0 aliphatic heterocycles. The predicted molar refractivity (Wildman–Crippen MR) is 118 cm³/mol. The Labute approximate surface area is 172 Å². The summed E-state index contributed by atoms with van der Waals surface area (Å²) in [5, 5.41) is 0.566. The van der Waals surface area contributed by atoms with E-state index in [0.29, 0.717) is 11.1 Å². The third kappa shape index (κ3) is 3.18. The molecule has 2 aliphatic carbocycles. The van der Waals surface area contributed by atoms with Crippen LogP contribution in [0.4, 0.5) is 0 Å². The van der Waals surface area contributed by atoms with Crippen LogP contribution in [-0.4, -0.2) is 4.98 Å². The van der Waals surface area contributed by atoms with Crippen molar-refractivity contribution in [2.24, 2.45) is 0 Å². The largest absolute Gasteiger partial charge is 0.244 e. The average Bonchev–Trinajstić information content (AvgIpc) is 2.72. The maximum Gasteiger partial charge on any atom is 0.129 e. The highest BCUT2D eigenvalue weighted by Gasteiger charge is 2.27. The van der Waals surface area contributed by atoms with Crippen molar-refractivity contribution < 1.29 is 0 Å². The van der Waals surface area contributed by atoms with Gasteiger partial charge in [-0.2, -0.15) is 0 Å². The summed E-state index contributed by atoms with van der Waals surface area (Å²) >= 11 is 5.95. The molecule has 0 N–H and O–H groups in total. The topological polar surface area (TPSA) is 12.9 Å². The molecule has 2 heteroatoms. The molecule has 1 heterocycles. The molecule has 0 saturated carbocycles. The average molecular weight is 386 g/mol. The number of aryl methyl sites for hydroxylation is 2. The molecule has 3 aromatic rings. The number of halogens is 1. The molecule has 1 aromatic heterocycles. The Hall–Kier alpha value is -2.38. The van der Waals surface area contributed by atoms with Crippen molar-refractivity contribution in [3.05, 3.63) is 93.3 Å². The molecule has 0 fully saturated rings. The van der Waals surface area contributed by atoms with Crippen molar-refractivity contribution in [1.29, 1.82) is 0 Å². The fourth-order valence-electron chi connectivity index (χ4n) is 4.85. The number of nitrogens with zero attached hydrogens (tertiary/aromatic N) is 1. The first kappa shape index (κ1) is 17.7. The van der Waals surface area contributed by atoms with Crippen LogP contribution in [0.5, 0.6) is 0 Å². The van der Waals surface area contributed by atoms with Crippen LogP contribution in [0.25, 0.3) is 17.2 Å². The first-order valence-electron chi connectivity index (χ1n) is 10.2. The van der Waals surface area contributed by atoms with Gasteiger partial charge in [0.2, 0.25) is 0 Å². The van der Waals surface area contributed by atoms with Crippen LogP contribution in [0, 0.1) is 6.92 Å². The number of fused-ring (bicyclic) bond motifs is 5. The van der Waals surface area contributed by atoms with Crippen molar-refractivity contribution in [2.45, 2.75) is 44.9 Å². The van der Waals surface area contributed by atoms with E-state index < -0.39 is 0 Å². The van der Waals surface area contributed by atoms with Crippen LogP contribution in [-0.2, 0) is 19.3 Å². The first-order valence-corrected chi connectivity index (χ1v) is 10.6. The Bertz CT molecular complexity index is 1060. The van der Waals surface area contributed by atoms with Crippen LogP contribution >= 0.6 is 11.6 Å². The van der Waals surface area contributed by atoms with Crippen LogP contribution in [0.15, 0.2) is 54.7 Å². The molecule has 140 valence electrons. The van der Waals surface area contributed by atoms with Gasteiger partial charge in [0.05, 0.1) is 0 Å². The molecule has 0 spiro atoms. The molecule has 1 nitrogen and oxygen atoms in total. The molecule has 2 aromatic carbocycles. The van der Waals surface area contributed by atoms with Crippen LogP contribution < -0.4 is 0 Å². The minimum Gasteiger partial charge on any atom is -0.244 e. The highest BCUT2D eigenvalue weighted by molar-refractivity contribution is 6.29. The lowest BCUT2D eigenvalue weighted by molar-refractivity contribution is 0.611. The number of hydrogen-bond donors (Lipinski definition) is 0. The summed E-state index contributed by atoms with van der Waals surface area (Å²) in [6, 6.07) is 15.7. The van der Waals surface area contributed by atoms with Gasteiger partial charge in [-0.25, -0.2) is 4.98 Å². The number of pyridine rings is 1. The zero-order valence-corrected chi connectivity index (χ0v) is 17.0. The molecule has 2 aliphatic rings. The Morgan fingerprint density at radius 2 is 1.96 bits per heavy atom.